The third-order valence-electron chi connectivity index (χ3n) is 4.84. The van der Waals surface area contributed by atoms with E-state index in [1.807, 2.05) is 0 Å². The van der Waals surface area contributed by atoms with Crippen molar-refractivity contribution in [2.75, 3.05) is 46.4 Å². The van der Waals surface area contributed by atoms with Gasteiger partial charge in [0.05, 0.1) is 28.7 Å². The van der Waals surface area contributed by atoms with Crippen molar-refractivity contribution in [1.82, 2.24) is 14.5 Å². The van der Waals surface area contributed by atoms with Crippen LogP contribution in [0.3, 0.4) is 0 Å². The number of nitrogens with zero attached hydrogens (tertiary/aromatic N) is 2. The predicted octanol–water partition coefficient (Wildman–Crippen LogP) is 1.18. The largest absolute Gasteiger partial charge is 0.379 e. The minimum atomic E-state index is -3.67. The van der Waals surface area contributed by atoms with E-state index in [1.54, 1.807) is 0 Å². The molecular weight excluding hydrogens is 378 g/mol. The number of likely N-dealkylation sites (tertiary alicyclic amines) is 1. The second-order valence-corrected chi connectivity index (χ2v) is 9.05. The van der Waals surface area contributed by atoms with Gasteiger partial charge in [-0.2, -0.15) is 4.31 Å². The fourth-order valence-corrected chi connectivity index (χ4v) is 4.83. The lowest BCUT2D eigenvalue weighted by atomic mass is 10.0. The lowest BCUT2D eigenvalue weighted by Crippen LogP contribution is -2.43. The van der Waals surface area contributed by atoms with Crippen LogP contribution in [-0.4, -0.2) is 76.0 Å². The Morgan fingerprint density at radius 1 is 1.19 bits per heavy atom. The van der Waals surface area contributed by atoms with Crippen molar-refractivity contribution < 1.29 is 17.9 Å². The quantitative estimate of drug-likeness (QED) is 0.819. The predicted molar refractivity (Wildman–Crippen MR) is 99.0 cm³/mol. The maximum atomic E-state index is 12.8. The summed E-state index contributed by atoms with van der Waals surface area (Å²) in [6.45, 7) is 3.20. The standard InChI is InChI=1S/C17H24ClN3O4S/c1-20-6-4-13(5-7-20)19-17(22)15-12-14(2-3-16(15)18)26(23,24)21-8-10-25-11-9-21/h2-3,12-13H,4-11H2,1H3,(H,19,22). The number of rotatable bonds is 4. The normalized spacial score (nSPS) is 20.8. The Morgan fingerprint density at radius 2 is 1.85 bits per heavy atom. The van der Waals surface area contributed by atoms with Gasteiger partial charge in [0.1, 0.15) is 0 Å². The van der Waals surface area contributed by atoms with Crippen LogP contribution in [0.15, 0.2) is 23.1 Å². The van der Waals surface area contributed by atoms with Crippen LogP contribution in [0.1, 0.15) is 23.2 Å². The van der Waals surface area contributed by atoms with Crippen LogP contribution in [-0.2, 0) is 14.8 Å². The number of hydrogen-bond acceptors (Lipinski definition) is 5. The molecule has 0 aliphatic carbocycles. The van der Waals surface area contributed by atoms with E-state index in [0.29, 0.717) is 26.3 Å². The SMILES string of the molecule is CN1CCC(NC(=O)c2cc(S(=O)(=O)N3CCOCC3)ccc2Cl)CC1. The Kier molecular flexibility index (Phi) is 6.19. The summed E-state index contributed by atoms with van der Waals surface area (Å²) in [5, 5.41) is 3.22. The van der Waals surface area contributed by atoms with Gasteiger partial charge in [-0.05, 0) is 51.2 Å². The van der Waals surface area contributed by atoms with Gasteiger partial charge in [0.2, 0.25) is 10.0 Å². The molecule has 0 saturated carbocycles. The van der Waals surface area contributed by atoms with Gasteiger partial charge in [0.25, 0.3) is 5.91 Å². The van der Waals surface area contributed by atoms with Gasteiger partial charge in [-0.15, -0.1) is 0 Å². The first-order valence-corrected chi connectivity index (χ1v) is 10.6. The lowest BCUT2D eigenvalue weighted by molar-refractivity contribution is 0.0730. The molecule has 1 amide bonds. The molecule has 2 heterocycles. The van der Waals surface area contributed by atoms with Gasteiger partial charge in [-0.3, -0.25) is 4.79 Å². The Bertz CT molecular complexity index is 757. The Balaban J connectivity index is 1.77. The number of morpholine rings is 1. The molecular formula is C17H24ClN3O4S. The molecule has 1 aromatic carbocycles. The van der Waals surface area contributed by atoms with Gasteiger partial charge in [-0.25, -0.2) is 8.42 Å². The number of sulfonamides is 1. The summed E-state index contributed by atoms with van der Waals surface area (Å²) in [5.41, 5.74) is 0.194. The third-order valence-corrected chi connectivity index (χ3v) is 7.07. The Hall–Kier alpha value is -1.19. The fraction of sp³-hybridized carbons (Fsp3) is 0.588. The second kappa shape index (κ2) is 8.22. The van der Waals surface area contributed by atoms with E-state index in [2.05, 4.69) is 17.3 Å². The number of amides is 1. The summed E-state index contributed by atoms with van der Waals surface area (Å²) in [6, 6.07) is 4.37. The average molecular weight is 402 g/mol. The second-order valence-electron chi connectivity index (χ2n) is 6.71. The number of hydrogen-bond donors (Lipinski definition) is 1. The first-order valence-electron chi connectivity index (χ1n) is 8.75. The minimum Gasteiger partial charge on any atom is -0.379 e. The number of carbonyl (C=O) groups excluding carboxylic acids is 1. The highest BCUT2D eigenvalue weighted by Crippen LogP contribution is 2.24. The molecule has 0 bridgehead atoms. The number of nitrogens with one attached hydrogen (secondary N) is 1. The summed E-state index contributed by atoms with van der Waals surface area (Å²) < 4.78 is 32.2. The molecule has 9 heteroatoms. The molecule has 0 atom stereocenters. The van der Waals surface area contributed by atoms with Crippen molar-refractivity contribution in [3.63, 3.8) is 0 Å². The molecule has 2 aliphatic heterocycles. The molecule has 0 spiro atoms. The molecule has 2 fully saturated rings. The van der Waals surface area contributed by atoms with Crippen molar-refractivity contribution >= 4 is 27.5 Å². The maximum absolute atomic E-state index is 12.8. The molecule has 0 aromatic heterocycles. The molecule has 3 rings (SSSR count). The van der Waals surface area contributed by atoms with Gasteiger partial charge >= 0.3 is 0 Å². The third kappa shape index (κ3) is 4.37. The van der Waals surface area contributed by atoms with Crippen molar-refractivity contribution in [1.29, 1.82) is 0 Å². The summed E-state index contributed by atoms with van der Waals surface area (Å²) in [7, 11) is -1.62. The highest BCUT2D eigenvalue weighted by atomic mass is 35.5. The van der Waals surface area contributed by atoms with Crippen LogP contribution < -0.4 is 5.32 Å². The molecule has 26 heavy (non-hydrogen) atoms. The first kappa shape index (κ1) is 19.6. The highest BCUT2D eigenvalue weighted by Gasteiger charge is 2.28. The van der Waals surface area contributed by atoms with Crippen molar-refractivity contribution in [3.05, 3.63) is 28.8 Å². The molecule has 2 aliphatic rings. The van der Waals surface area contributed by atoms with Crippen molar-refractivity contribution in [3.8, 4) is 0 Å². The van der Waals surface area contributed by atoms with Crippen LogP contribution >= 0.6 is 11.6 Å². The van der Waals surface area contributed by atoms with Gasteiger partial charge < -0.3 is 15.0 Å². The van der Waals surface area contributed by atoms with Crippen molar-refractivity contribution in [2.24, 2.45) is 0 Å². The zero-order valence-corrected chi connectivity index (χ0v) is 16.4. The average Bonchev–Trinajstić information content (AvgIpc) is 2.64. The van der Waals surface area contributed by atoms with Gasteiger partial charge in [0.15, 0.2) is 0 Å². The summed E-state index contributed by atoms with van der Waals surface area (Å²) >= 11 is 6.17. The van der Waals surface area contributed by atoms with E-state index >= 15 is 0 Å². The molecule has 1 N–H and O–H groups in total. The van der Waals surface area contributed by atoms with E-state index in [-0.39, 0.29) is 27.4 Å². The topological polar surface area (TPSA) is 79.0 Å². The maximum Gasteiger partial charge on any atom is 0.253 e. The van der Waals surface area contributed by atoms with E-state index in [4.69, 9.17) is 16.3 Å². The van der Waals surface area contributed by atoms with E-state index in [9.17, 15) is 13.2 Å². The van der Waals surface area contributed by atoms with Crippen LogP contribution in [0.2, 0.25) is 5.02 Å². The molecule has 2 saturated heterocycles. The van der Waals surface area contributed by atoms with Crippen molar-refractivity contribution in [2.45, 2.75) is 23.8 Å². The zero-order valence-electron chi connectivity index (χ0n) is 14.8. The number of halogens is 1. The molecule has 7 nitrogen and oxygen atoms in total. The lowest BCUT2D eigenvalue weighted by Gasteiger charge is -2.29. The molecule has 0 radical (unpaired) electrons. The van der Waals surface area contributed by atoms with E-state index in [1.165, 1.54) is 22.5 Å². The summed E-state index contributed by atoms with van der Waals surface area (Å²) in [4.78, 5) is 14.9. The van der Waals surface area contributed by atoms with Gasteiger partial charge in [0, 0.05) is 19.1 Å². The minimum absolute atomic E-state index is 0.0780. The van der Waals surface area contributed by atoms with Crippen LogP contribution in [0.5, 0.6) is 0 Å². The highest BCUT2D eigenvalue weighted by molar-refractivity contribution is 7.89. The van der Waals surface area contributed by atoms with Gasteiger partial charge in [-0.1, -0.05) is 11.6 Å². The fourth-order valence-electron chi connectivity index (χ4n) is 3.19. The van der Waals surface area contributed by atoms with E-state index in [0.717, 1.165) is 25.9 Å². The summed E-state index contributed by atoms with van der Waals surface area (Å²) in [5.74, 6) is -0.330. The Labute approximate surface area is 159 Å². The summed E-state index contributed by atoms with van der Waals surface area (Å²) in [6.07, 6.45) is 1.73. The number of carbonyl (C=O) groups is 1. The van der Waals surface area contributed by atoms with Crippen LogP contribution in [0, 0.1) is 0 Å². The van der Waals surface area contributed by atoms with Crippen LogP contribution in [0.25, 0.3) is 0 Å². The first-order chi connectivity index (χ1) is 12.4. The molecule has 0 unspecified atom stereocenters. The number of ether oxygens (including phenoxy) is 1. The number of benzene rings is 1. The number of piperidine rings is 1. The smallest absolute Gasteiger partial charge is 0.253 e. The zero-order chi connectivity index (χ0) is 18.7. The van der Waals surface area contributed by atoms with E-state index < -0.39 is 10.0 Å². The monoisotopic (exact) mass is 401 g/mol. The van der Waals surface area contributed by atoms with Crippen LogP contribution in [0.4, 0.5) is 0 Å². The molecule has 144 valence electrons. The Morgan fingerprint density at radius 3 is 2.50 bits per heavy atom. The molecule has 1 aromatic rings.